The fraction of sp³-hybridized carbons (Fsp3) is 0.889. The maximum Gasteiger partial charge on any atom is 0.303 e. The Labute approximate surface area is 135 Å². The summed E-state index contributed by atoms with van der Waals surface area (Å²) in [5, 5.41) is 0. The Kier molecular flexibility index (Phi) is 12.9. The lowest BCUT2D eigenvalue weighted by molar-refractivity contribution is -0.164. The van der Waals surface area contributed by atoms with Gasteiger partial charge in [-0.25, -0.2) is 0 Å². The minimum absolute atomic E-state index is 0.320. The van der Waals surface area contributed by atoms with Gasteiger partial charge >= 0.3 is 11.9 Å². The molecule has 0 heterocycles. The Balaban J connectivity index is 3.79. The van der Waals surface area contributed by atoms with Gasteiger partial charge < -0.3 is 9.47 Å². The van der Waals surface area contributed by atoms with Crippen molar-refractivity contribution in [2.75, 3.05) is 0 Å². The number of esters is 2. The normalized spacial score (nSPS) is 13.5. The molecule has 0 rings (SSSR count). The van der Waals surface area contributed by atoms with Gasteiger partial charge in [0.05, 0.1) is 0 Å². The molecule has 0 unspecified atom stereocenters. The molecule has 0 saturated carbocycles. The summed E-state index contributed by atoms with van der Waals surface area (Å²) in [6.45, 7) is 6.78. The fourth-order valence-corrected chi connectivity index (χ4v) is 2.60. The summed E-state index contributed by atoms with van der Waals surface area (Å²) in [7, 11) is 0. The number of hydrogen-bond donors (Lipinski definition) is 0. The van der Waals surface area contributed by atoms with Crippen LogP contribution in [-0.4, -0.2) is 24.1 Å². The summed E-state index contributed by atoms with van der Waals surface area (Å²) in [5.74, 6) is -0.656. The molecule has 0 radical (unpaired) electrons. The van der Waals surface area contributed by atoms with Crippen molar-refractivity contribution < 1.29 is 19.1 Å². The van der Waals surface area contributed by atoms with E-state index in [0.29, 0.717) is 0 Å². The van der Waals surface area contributed by atoms with E-state index >= 15 is 0 Å². The summed E-state index contributed by atoms with van der Waals surface area (Å²) in [6.07, 6.45) is 11.3. The number of ether oxygens (including phenoxy) is 2. The highest BCUT2D eigenvalue weighted by Crippen LogP contribution is 2.16. The van der Waals surface area contributed by atoms with E-state index in [0.717, 1.165) is 19.3 Å². The number of rotatable bonds is 13. The van der Waals surface area contributed by atoms with Crippen LogP contribution in [0.5, 0.6) is 0 Å². The van der Waals surface area contributed by atoms with Crippen LogP contribution in [0.4, 0.5) is 0 Å². The lowest BCUT2D eigenvalue weighted by Gasteiger charge is -2.23. The highest BCUT2D eigenvalue weighted by atomic mass is 16.6. The zero-order valence-corrected chi connectivity index (χ0v) is 14.9. The summed E-state index contributed by atoms with van der Waals surface area (Å²) in [6, 6.07) is 0. The number of hydrogen-bond acceptors (Lipinski definition) is 4. The molecule has 0 fully saturated rings. The van der Waals surface area contributed by atoms with Gasteiger partial charge in [0.2, 0.25) is 0 Å². The summed E-state index contributed by atoms with van der Waals surface area (Å²) >= 11 is 0. The molecule has 0 aliphatic heterocycles. The maximum absolute atomic E-state index is 11.1. The Morgan fingerprint density at radius 3 is 1.68 bits per heavy atom. The standard InChI is InChI=1S/C18H34O4/c1-5-6-7-8-9-10-11-12-13-14-18(22-17(4)20)15(2)21-16(3)19/h15,18H,5-14H2,1-4H3/t15-,18-/m1/s1. The molecular formula is C18H34O4. The van der Waals surface area contributed by atoms with Gasteiger partial charge in [-0.2, -0.15) is 0 Å². The average molecular weight is 314 g/mol. The topological polar surface area (TPSA) is 52.6 Å². The van der Waals surface area contributed by atoms with Crippen LogP contribution >= 0.6 is 0 Å². The average Bonchev–Trinajstić information content (AvgIpc) is 2.43. The van der Waals surface area contributed by atoms with Crippen LogP contribution < -0.4 is 0 Å². The molecule has 4 nitrogen and oxygen atoms in total. The maximum atomic E-state index is 11.1. The molecule has 0 aromatic heterocycles. The van der Waals surface area contributed by atoms with Crippen LogP contribution in [0.25, 0.3) is 0 Å². The number of unbranched alkanes of at least 4 members (excludes halogenated alkanes) is 8. The van der Waals surface area contributed by atoms with Crippen molar-refractivity contribution in [3.05, 3.63) is 0 Å². The predicted molar refractivity (Wildman–Crippen MR) is 88.6 cm³/mol. The highest BCUT2D eigenvalue weighted by molar-refractivity contribution is 5.67. The van der Waals surface area contributed by atoms with Crippen LogP contribution in [0.3, 0.4) is 0 Å². The molecule has 0 aliphatic carbocycles. The third kappa shape index (κ3) is 12.7. The zero-order chi connectivity index (χ0) is 16.8. The Morgan fingerprint density at radius 1 is 0.773 bits per heavy atom. The Morgan fingerprint density at radius 2 is 1.23 bits per heavy atom. The van der Waals surface area contributed by atoms with Crippen molar-refractivity contribution in [2.24, 2.45) is 0 Å². The predicted octanol–water partition coefficient (Wildman–Crippen LogP) is 4.79. The van der Waals surface area contributed by atoms with Gasteiger partial charge in [0.15, 0.2) is 0 Å². The van der Waals surface area contributed by atoms with Crippen LogP contribution in [0.2, 0.25) is 0 Å². The van der Waals surface area contributed by atoms with E-state index in [1.807, 2.05) is 0 Å². The van der Waals surface area contributed by atoms with Gasteiger partial charge in [-0.1, -0.05) is 58.3 Å². The third-order valence-electron chi connectivity index (χ3n) is 3.78. The molecule has 22 heavy (non-hydrogen) atoms. The van der Waals surface area contributed by atoms with Gasteiger partial charge in [-0.05, 0) is 19.8 Å². The Bertz CT molecular complexity index is 301. The minimum atomic E-state index is -0.379. The van der Waals surface area contributed by atoms with Gasteiger partial charge in [-0.3, -0.25) is 9.59 Å². The summed E-state index contributed by atoms with van der Waals surface area (Å²) in [5.41, 5.74) is 0. The first-order valence-electron chi connectivity index (χ1n) is 8.81. The third-order valence-corrected chi connectivity index (χ3v) is 3.78. The molecule has 0 amide bonds. The summed E-state index contributed by atoms with van der Waals surface area (Å²) in [4.78, 5) is 22.1. The molecular weight excluding hydrogens is 280 g/mol. The van der Waals surface area contributed by atoms with E-state index < -0.39 is 0 Å². The van der Waals surface area contributed by atoms with E-state index in [2.05, 4.69) is 6.92 Å². The molecule has 0 saturated heterocycles. The number of carbonyl (C=O) groups excluding carboxylic acids is 2. The first-order valence-corrected chi connectivity index (χ1v) is 8.81. The van der Waals surface area contributed by atoms with Crippen LogP contribution in [0.15, 0.2) is 0 Å². The summed E-state index contributed by atoms with van der Waals surface area (Å²) < 4.78 is 10.4. The molecule has 0 aromatic carbocycles. The van der Waals surface area contributed by atoms with Crippen LogP contribution in [0, 0.1) is 0 Å². The van der Waals surface area contributed by atoms with E-state index in [1.54, 1.807) is 6.92 Å². The van der Waals surface area contributed by atoms with Crippen LogP contribution in [-0.2, 0) is 19.1 Å². The smallest absolute Gasteiger partial charge is 0.303 e. The highest BCUT2D eigenvalue weighted by Gasteiger charge is 2.22. The van der Waals surface area contributed by atoms with Crippen molar-refractivity contribution in [1.29, 1.82) is 0 Å². The second kappa shape index (κ2) is 13.6. The van der Waals surface area contributed by atoms with Gasteiger partial charge in [0, 0.05) is 13.8 Å². The van der Waals surface area contributed by atoms with Crippen molar-refractivity contribution in [2.45, 2.75) is 104 Å². The monoisotopic (exact) mass is 314 g/mol. The van der Waals surface area contributed by atoms with Gasteiger partial charge in [0.1, 0.15) is 12.2 Å². The SMILES string of the molecule is CCCCCCCCCCC[C@@H](OC(C)=O)[C@@H](C)OC(C)=O. The molecule has 0 N–H and O–H groups in total. The van der Waals surface area contributed by atoms with Gasteiger partial charge in [0.25, 0.3) is 0 Å². The second-order valence-electron chi connectivity index (χ2n) is 6.08. The molecule has 4 heteroatoms. The Hall–Kier alpha value is -1.06. The first kappa shape index (κ1) is 20.9. The van der Waals surface area contributed by atoms with Gasteiger partial charge in [-0.15, -0.1) is 0 Å². The molecule has 0 aromatic rings. The van der Waals surface area contributed by atoms with E-state index in [9.17, 15) is 9.59 Å². The van der Waals surface area contributed by atoms with E-state index in [-0.39, 0.29) is 24.1 Å². The van der Waals surface area contributed by atoms with Crippen molar-refractivity contribution in [3.8, 4) is 0 Å². The second-order valence-corrected chi connectivity index (χ2v) is 6.08. The van der Waals surface area contributed by atoms with Crippen molar-refractivity contribution in [3.63, 3.8) is 0 Å². The lowest BCUT2D eigenvalue weighted by Crippen LogP contribution is -2.32. The largest absolute Gasteiger partial charge is 0.459 e. The van der Waals surface area contributed by atoms with E-state index in [4.69, 9.17) is 9.47 Å². The quantitative estimate of drug-likeness (QED) is 0.362. The molecule has 0 aliphatic rings. The number of carbonyl (C=O) groups is 2. The molecule has 130 valence electrons. The van der Waals surface area contributed by atoms with Crippen molar-refractivity contribution >= 4 is 11.9 Å². The molecule has 2 atom stereocenters. The molecule has 0 spiro atoms. The fourth-order valence-electron chi connectivity index (χ4n) is 2.60. The van der Waals surface area contributed by atoms with Crippen molar-refractivity contribution in [1.82, 2.24) is 0 Å². The van der Waals surface area contributed by atoms with E-state index in [1.165, 1.54) is 58.8 Å². The lowest BCUT2D eigenvalue weighted by atomic mass is 10.0. The van der Waals surface area contributed by atoms with Crippen LogP contribution in [0.1, 0.15) is 91.9 Å². The zero-order valence-electron chi connectivity index (χ0n) is 14.9. The first-order chi connectivity index (χ1) is 10.5. The minimum Gasteiger partial charge on any atom is -0.459 e. The molecule has 0 bridgehead atoms.